The van der Waals surface area contributed by atoms with Crippen molar-refractivity contribution in [1.82, 2.24) is 5.43 Å². The summed E-state index contributed by atoms with van der Waals surface area (Å²) in [6.45, 7) is 0.917. The lowest BCUT2D eigenvalue weighted by molar-refractivity contribution is 0.00472. The van der Waals surface area contributed by atoms with Crippen molar-refractivity contribution in [3.63, 3.8) is 0 Å². The first-order valence-corrected chi connectivity index (χ1v) is 7.00. The van der Waals surface area contributed by atoms with Gasteiger partial charge in [-0.2, -0.15) is 0 Å². The molecule has 3 N–H and O–H groups in total. The second-order valence-electron chi connectivity index (χ2n) is 5.11. The predicted molar refractivity (Wildman–Crippen MR) is 74.1 cm³/mol. The fraction of sp³-hybridized carbons (Fsp3) is 0.600. The van der Waals surface area contributed by atoms with Crippen LogP contribution in [0.3, 0.4) is 0 Å². The van der Waals surface area contributed by atoms with Crippen LogP contribution in [0.4, 0.5) is 0 Å². The Bertz CT molecular complexity index is 323. The summed E-state index contributed by atoms with van der Waals surface area (Å²) in [5.74, 6) is 5.65. The van der Waals surface area contributed by atoms with Gasteiger partial charge in [0, 0.05) is 12.6 Å². The topological polar surface area (TPSA) is 47.3 Å². The molecule has 100 valence electrons. The highest BCUT2D eigenvalue weighted by Crippen LogP contribution is 2.18. The lowest BCUT2D eigenvalue weighted by Gasteiger charge is -2.26. The van der Waals surface area contributed by atoms with Crippen molar-refractivity contribution in [1.29, 1.82) is 0 Å². The lowest BCUT2D eigenvalue weighted by Crippen LogP contribution is -2.39. The molecule has 0 aliphatic carbocycles. The molecule has 1 aliphatic heterocycles. The van der Waals surface area contributed by atoms with Crippen LogP contribution in [0.1, 0.15) is 37.7 Å². The molecule has 1 aliphatic rings. The summed E-state index contributed by atoms with van der Waals surface area (Å²) >= 11 is 0. The number of hydrazine groups is 1. The maximum atomic E-state index is 5.77. The van der Waals surface area contributed by atoms with E-state index in [0.717, 1.165) is 25.9 Å². The third-order valence-electron chi connectivity index (χ3n) is 3.68. The van der Waals surface area contributed by atoms with Crippen molar-refractivity contribution in [2.75, 3.05) is 6.61 Å². The van der Waals surface area contributed by atoms with Crippen molar-refractivity contribution in [2.45, 2.75) is 50.7 Å². The number of nitrogens with one attached hydrogen (secondary N) is 1. The van der Waals surface area contributed by atoms with E-state index in [-0.39, 0.29) is 0 Å². The SMILES string of the molecule is NNC(CCc1ccccc1)CC1CCCCO1. The Kier molecular flexibility index (Phi) is 5.65. The molecule has 0 spiro atoms. The van der Waals surface area contributed by atoms with E-state index in [0.29, 0.717) is 12.1 Å². The molecule has 2 unspecified atom stereocenters. The molecule has 0 aromatic heterocycles. The van der Waals surface area contributed by atoms with Gasteiger partial charge in [-0.3, -0.25) is 11.3 Å². The highest BCUT2D eigenvalue weighted by molar-refractivity contribution is 5.14. The number of ether oxygens (including phenoxy) is 1. The van der Waals surface area contributed by atoms with Crippen LogP contribution in [0.25, 0.3) is 0 Å². The van der Waals surface area contributed by atoms with Gasteiger partial charge in [-0.25, -0.2) is 0 Å². The first-order chi connectivity index (χ1) is 8.88. The molecule has 3 heteroatoms. The van der Waals surface area contributed by atoms with E-state index in [1.165, 1.54) is 24.8 Å². The number of hydrogen-bond donors (Lipinski definition) is 2. The Labute approximate surface area is 110 Å². The highest BCUT2D eigenvalue weighted by atomic mass is 16.5. The molecule has 2 rings (SSSR count). The standard InChI is InChI=1S/C15H24N2O/c16-17-14(12-15-8-4-5-11-18-15)10-9-13-6-2-1-3-7-13/h1-3,6-7,14-15,17H,4-5,8-12,16H2. The molecule has 0 amide bonds. The maximum absolute atomic E-state index is 5.77. The molecule has 1 aromatic rings. The third-order valence-corrected chi connectivity index (χ3v) is 3.68. The van der Waals surface area contributed by atoms with Crippen LogP contribution in [-0.4, -0.2) is 18.8 Å². The minimum absolute atomic E-state index is 0.355. The second kappa shape index (κ2) is 7.52. The van der Waals surface area contributed by atoms with Crippen LogP contribution < -0.4 is 11.3 Å². The number of hydrogen-bond acceptors (Lipinski definition) is 3. The first-order valence-electron chi connectivity index (χ1n) is 7.00. The van der Waals surface area contributed by atoms with Crippen LogP contribution in [-0.2, 0) is 11.2 Å². The predicted octanol–water partition coefficient (Wildman–Crippen LogP) is 2.41. The van der Waals surface area contributed by atoms with Crippen molar-refractivity contribution in [3.05, 3.63) is 35.9 Å². The lowest BCUT2D eigenvalue weighted by atomic mass is 9.97. The van der Waals surface area contributed by atoms with Gasteiger partial charge in [0.1, 0.15) is 0 Å². The number of nitrogens with two attached hydrogens (primary N) is 1. The van der Waals surface area contributed by atoms with Gasteiger partial charge in [-0.05, 0) is 44.1 Å². The molecule has 18 heavy (non-hydrogen) atoms. The molecule has 1 heterocycles. The molecule has 0 radical (unpaired) electrons. The number of rotatable bonds is 6. The minimum atomic E-state index is 0.355. The quantitative estimate of drug-likeness (QED) is 0.600. The minimum Gasteiger partial charge on any atom is -0.378 e. The van der Waals surface area contributed by atoms with E-state index < -0.39 is 0 Å². The van der Waals surface area contributed by atoms with Crippen molar-refractivity contribution >= 4 is 0 Å². The Morgan fingerprint density at radius 1 is 1.28 bits per heavy atom. The largest absolute Gasteiger partial charge is 0.378 e. The van der Waals surface area contributed by atoms with Crippen LogP contribution >= 0.6 is 0 Å². The van der Waals surface area contributed by atoms with Crippen LogP contribution in [0.5, 0.6) is 0 Å². The zero-order valence-electron chi connectivity index (χ0n) is 11.0. The second-order valence-corrected chi connectivity index (χ2v) is 5.11. The molecule has 0 bridgehead atoms. The Hall–Kier alpha value is -0.900. The van der Waals surface area contributed by atoms with E-state index in [1.807, 2.05) is 0 Å². The number of benzene rings is 1. The van der Waals surface area contributed by atoms with Gasteiger partial charge in [0.15, 0.2) is 0 Å². The Balaban J connectivity index is 1.74. The van der Waals surface area contributed by atoms with Crippen LogP contribution in [0, 0.1) is 0 Å². The third kappa shape index (κ3) is 4.41. The summed E-state index contributed by atoms with van der Waals surface area (Å²) in [5.41, 5.74) is 4.32. The molecule has 3 nitrogen and oxygen atoms in total. The fourth-order valence-electron chi connectivity index (χ4n) is 2.57. The smallest absolute Gasteiger partial charge is 0.0590 e. The van der Waals surface area contributed by atoms with Gasteiger partial charge < -0.3 is 4.74 Å². The molecular weight excluding hydrogens is 224 g/mol. The van der Waals surface area contributed by atoms with Gasteiger partial charge in [0.05, 0.1) is 6.10 Å². The molecule has 0 saturated carbocycles. The van der Waals surface area contributed by atoms with Crippen molar-refractivity contribution in [3.8, 4) is 0 Å². The van der Waals surface area contributed by atoms with Crippen LogP contribution in [0.2, 0.25) is 0 Å². The molecule has 2 atom stereocenters. The van der Waals surface area contributed by atoms with E-state index >= 15 is 0 Å². The average molecular weight is 248 g/mol. The fourth-order valence-corrected chi connectivity index (χ4v) is 2.57. The zero-order chi connectivity index (χ0) is 12.6. The summed E-state index contributed by atoms with van der Waals surface area (Å²) in [5, 5.41) is 0. The summed E-state index contributed by atoms with van der Waals surface area (Å²) in [6.07, 6.45) is 7.26. The molecule has 1 saturated heterocycles. The van der Waals surface area contributed by atoms with Gasteiger partial charge in [0.2, 0.25) is 0 Å². The van der Waals surface area contributed by atoms with Gasteiger partial charge in [-0.15, -0.1) is 0 Å². The first kappa shape index (κ1) is 13.5. The van der Waals surface area contributed by atoms with Crippen molar-refractivity contribution in [2.24, 2.45) is 5.84 Å². The van der Waals surface area contributed by atoms with Gasteiger partial charge >= 0.3 is 0 Å². The monoisotopic (exact) mass is 248 g/mol. The zero-order valence-corrected chi connectivity index (χ0v) is 11.0. The van der Waals surface area contributed by atoms with Gasteiger partial charge in [-0.1, -0.05) is 30.3 Å². The molecular formula is C15H24N2O. The van der Waals surface area contributed by atoms with E-state index in [9.17, 15) is 0 Å². The summed E-state index contributed by atoms with van der Waals surface area (Å²) in [4.78, 5) is 0. The highest BCUT2D eigenvalue weighted by Gasteiger charge is 2.18. The summed E-state index contributed by atoms with van der Waals surface area (Å²) in [7, 11) is 0. The van der Waals surface area contributed by atoms with Crippen molar-refractivity contribution < 1.29 is 4.74 Å². The van der Waals surface area contributed by atoms with Gasteiger partial charge in [0.25, 0.3) is 0 Å². The Morgan fingerprint density at radius 2 is 2.11 bits per heavy atom. The Morgan fingerprint density at radius 3 is 2.78 bits per heavy atom. The summed E-state index contributed by atoms with van der Waals surface area (Å²) in [6, 6.07) is 10.9. The molecule has 1 fully saturated rings. The van der Waals surface area contributed by atoms with Crippen LogP contribution in [0.15, 0.2) is 30.3 Å². The van der Waals surface area contributed by atoms with E-state index in [4.69, 9.17) is 10.6 Å². The molecule has 1 aromatic carbocycles. The van der Waals surface area contributed by atoms with E-state index in [1.54, 1.807) is 0 Å². The maximum Gasteiger partial charge on any atom is 0.0590 e. The summed E-state index contributed by atoms with van der Waals surface area (Å²) < 4.78 is 5.77. The normalized spacial score (nSPS) is 21.7. The number of aryl methyl sites for hydroxylation is 1. The average Bonchev–Trinajstić information content (AvgIpc) is 2.45. The van der Waals surface area contributed by atoms with E-state index in [2.05, 4.69) is 35.8 Å².